The first-order valence-corrected chi connectivity index (χ1v) is 9.32. The van der Waals surface area contributed by atoms with Crippen molar-refractivity contribution in [3.8, 4) is 6.07 Å². The maximum atomic E-state index is 11.3. The SMILES string of the molecule is COC(=O)CCC(CC1(CI)CCCC(CCC#N)O1)OC. The number of hydrogen-bond acceptors (Lipinski definition) is 5. The summed E-state index contributed by atoms with van der Waals surface area (Å²) in [5, 5.41) is 8.74. The van der Waals surface area contributed by atoms with Crippen LogP contribution in [0.25, 0.3) is 0 Å². The van der Waals surface area contributed by atoms with Crippen LogP contribution in [0.1, 0.15) is 51.4 Å². The van der Waals surface area contributed by atoms with E-state index in [4.69, 9.17) is 19.5 Å². The average molecular weight is 423 g/mol. The predicted molar refractivity (Wildman–Crippen MR) is 91.9 cm³/mol. The summed E-state index contributed by atoms with van der Waals surface area (Å²) in [7, 11) is 3.08. The lowest BCUT2D eigenvalue weighted by Gasteiger charge is -2.42. The van der Waals surface area contributed by atoms with Gasteiger partial charge in [0, 0.05) is 30.8 Å². The first kappa shape index (κ1) is 19.7. The summed E-state index contributed by atoms with van der Waals surface area (Å²) in [6.07, 6.45) is 6.45. The third kappa shape index (κ3) is 6.39. The van der Waals surface area contributed by atoms with Crippen LogP contribution < -0.4 is 0 Å². The van der Waals surface area contributed by atoms with Crippen LogP contribution in [0.15, 0.2) is 0 Å². The topological polar surface area (TPSA) is 68.6 Å². The summed E-state index contributed by atoms with van der Waals surface area (Å²) in [5.74, 6) is -0.206. The van der Waals surface area contributed by atoms with Gasteiger partial charge in [-0.1, -0.05) is 22.6 Å². The van der Waals surface area contributed by atoms with Crippen LogP contribution in [0.2, 0.25) is 0 Å². The molecule has 0 aromatic heterocycles. The van der Waals surface area contributed by atoms with Gasteiger partial charge < -0.3 is 14.2 Å². The highest BCUT2D eigenvalue weighted by Crippen LogP contribution is 2.37. The molecule has 0 aliphatic carbocycles. The number of nitriles is 1. The van der Waals surface area contributed by atoms with Crippen molar-refractivity contribution in [3.05, 3.63) is 0 Å². The van der Waals surface area contributed by atoms with Crippen LogP contribution in [0.3, 0.4) is 0 Å². The Bertz CT molecular complexity index is 385. The zero-order valence-electron chi connectivity index (χ0n) is 13.5. The second-order valence-corrected chi connectivity index (χ2v) is 6.58. The van der Waals surface area contributed by atoms with E-state index in [0.29, 0.717) is 19.3 Å². The first-order valence-electron chi connectivity index (χ1n) is 7.79. The quantitative estimate of drug-likeness (QED) is 0.323. The van der Waals surface area contributed by atoms with Crippen LogP contribution in [-0.2, 0) is 19.0 Å². The van der Waals surface area contributed by atoms with Crippen LogP contribution in [-0.4, -0.2) is 42.4 Å². The van der Waals surface area contributed by atoms with E-state index in [-0.39, 0.29) is 23.8 Å². The molecule has 5 nitrogen and oxygen atoms in total. The van der Waals surface area contributed by atoms with E-state index in [0.717, 1.165) is 36.5 Å². The van der Waals surface area contributed by atoms with Gasteiger partial charge in [-0.2, -0.15) is 5.26 Å². The maximum absolute atomic E-state index is 11.3. The van der Waals surface area contributed by atoms with Crippen molar-refractivity contribution in [2.75, 3.05) is 18.6 Å². The molecule has 1 aliphatic heterocycles. The molecule has 0 spiro atoms. The number of alkyl halides is 1. The lowest BCUT2D eigenvalue weighted by Crippen LogP contribution is -2.45. The molecule has 1 aliphatic rings. The molecule has 0 amide bonds. The summed E-state index contributed by atoms with van der Waals surface area (Å²) in [6.45, 7) is 0. The lowest BCUT2D eigenvalue weighted by atomic mass is 9.86. The minimum absolute atomic E-state index is 0.0106. The molecule has 1 rings (SSSR count). The van der Waals surface area contributed by atoms with Gasteiger partial charge in [-0.15, -0.1) is 0 Å². The molecule has 0 aromatic carbocycles. The summed E-state index contributed by atoms with van der Waals surface area (Å²) in [4.78, 5) is 11.3. The van der Waals surface area contributed by atoms with Gasteiger partial charge in [0.05, 0.1) is 31.0 Å². The van der Waals surface area contributed by atoms with Crippen molar-refractivity contribution >= 4 is 28.6 Å². The van der Waals surface area contributed by atoms with E-state index in [9.17, 15) is 4.79 Å². The molecule has 22 heavy (non-hydrogen) atoms. The molecule has 6 heteroatoms. The number of methoxy groups -OCH3 is 2. The highest BCUT2D eigenvalue weighted by molar-refractivity contribution is 14.1. The Labute approximate surface area is 146 Å². The van der Waals surface area contributed by atoms with Crippen molar-refractivity contribution in [2.45, 2.75) is 69.2 Å². The van der Waals surface area contributed by atoms with E-state index >= 15 is 0 Å². The van der Waals surface area contributed by atoms with Gasteiger partial charge in [0.2, 0.25) is 0 Å². The molecule has 0 aromatic rings. The van der Waals surface area contributed by atoms with Crippen molar-refractivity contribution in [1.29, 1.82) is 5.26 Å². The van der Waals surface area contributed by atoms with E-state index in [1.54, 1.807) is 7.11 Å². The molecule has 0 N–H and O–H groups in total. The van der Waals surface area contributed by atoms with Crippen molar-refractivity contribution < 1.29 is 19.0 Å². The third-order valence-corrected chi connectivity index (χ3v) is 5.62. The van der Waals surface area contributed by atoms with E-state index in [1.807, 2.05) is 0 Å². The predicted octanol–water partition coefficient (Wildman–Crippen LogP) is 3.39. The molecule has 1 saturated heterocycles. The minimum Gasteiger partial charge on any atom is -0.469 e. The zero-order valence-corrected chi connectivity index (χ0v) is 15.6. The number of esters is 1. The van der Waals surface area contributed by atoms with Gasteiger partial charge in [0.25, 0.3) is 0 Å². The van der Waals surface area contributed by atoms with Crippen molar-refractivity contribution in [3.63, 3.8) is 0 Å². The monoisotopic (exact) mass is 423 g/mol. The summed E-state index contributed by atoms with van der Waals surface area (Å²) < 4.78 is 17.5. The maximum Gasteiger partial charge on any atom is 0.305 e. The Morgan fingerprint density at radius 3 is 2.91 bits per heavy atom. The molecular formula is C16H26INO4. The smallest absolute Gasteiger partial charge is 0.305 e. The van der Waals surface area contributed by atoms with Gasteiger partial charge >= 0.3 is 5.97 Å². The minimum atomic E-state index is -0.206. The highest BCUT2D eigenvalue weighted by Gasteiger charge is 2.38. The summed E-state index contributed by atoms with van der Waals surface area (Å²) in [6, 6.07) is 2.19. The highest BCUT2D eigenvalue weighted by atomic mass is 127. The Morgan fingerprint density at radius 2 is 2.32 bits per heavy atom. The fourth-order valence-corrected chi connectivity index (χ4v) is 3.83. The van der Waals surface area contributed by atoms with Crippen molar-refractivity contribution in [2.24, 2.45) is 0 Å². The van der Waals surface area contributed by atoms with Gasteiger partial charge in [0.15, 0.2) is 0 Å². The number of carbonyl (C=O) groups excluding carboxylic acids is 1. The molecule has 1 fully saturated rings. The molecule has 3 atom stereocenters. The Morgan fingerprint density at radius 1 is 1.55 bits per heavy atom. The van der Waals surface area contributed by atoms with E-state index in [1.165, 1.54) is 7.11 Å². The van der Waals surface area contributed by atoms with Crippen LogP contribution in [0, 0.1) is 11.3 Å². The number of hydrogen-bond donors (Lipinski definition) is 0. The summed E-state index contributed by atoms with van der Waals surface area (Å²) in [5.41, 5.74) is -0.199. The second-order valence-electron chi connectivity index (χ2n) is 5.82. The number of carbonyl (C=O) groups is 1. The van der Waals surface area contributed by atoms with Gasteiger partial charge in [-0.25, -0.2) is 0 Å². The molecular weight excluding hydrogens is 397 g/mol. The third-order valence-electron chi connectivity index (χ3n) is 4.23. The van der Waals surface area contributed by atoms with Crippen LogP contribution in [0.5, 0.6) is 0 Å². The Hall–Kier alpha value is -0.390. The number of ether oxygens (including phenoxy) is 3. The van der Waals surface area contributed by atoms with Gasteiger partial charge in [0.1, 0.15) is 0 Å². The normalized spacial score (nSPS) is 26.2. The standard InChI is InChI=1S/C16H26INO4/c1-20-14(7-8-15(19)21-2)11-16(12-17)9-3-5-13(22-16)6-4-10-18/h13-14H,3-9,11-12H2,1-2H3. The van der Waals surface area contributed by atoms with Gasteiger partial charge in [-0.3, -0.25) is 4.79 Å². The lowest BCUT2D eigenvalue weighted by molar-refractivity contribution is -0.145. The number of rotatable bonds is 9. The molecule has 126 valence electrons. The number of halogens is 1. The molecule has 1 heterocycles. The average Bonchev–Trinajstić information content (AvgIpc) is 2.56. The van der Waals surface area contributed by atoms with E-state index < -0.39 is 0 Å². The fourth-order valence-electron chi connectivity index (χ4n) is 2.95. The Balaban J connectivity index is 2.59. The first-order chi connectivity index (χ1) is 10.6. The Kier molecular flexibility index (Phi) is 9.29. The molecule has 3 unspecified atom stereocenters. The van der Waals surface area contributed by atoms with Crippen LogP contribution in [0.4, 0.5) is 0 Å². The molecule has 0 radical (unpaired) electrons. The largest absolute Gasteiger partial charge is 0.469 e. The second kappa shape index (κ2) is 10.4. The summed E-state index contributed by atoms with van der Waals surface area (Å²) >= 11 is 2.37. The van der Waals surface area contributed by atoms with E-state index in [2.05, 4.69) is 28.7 Å². The fraction of sp³-hybridized carbons (Fsp3) is 0.875. The van der Waals surface area contributed by atoms with Crippen molar-refractivity contribution in [1.82, 2.24) is 0 Å². The molecule has 0 bridgehead atoms. The molecule has 0 saturated carbocycles. The number of nitrogens with zero attached hydrogens (tertiary/aromatic N) is 1. The van der Waals surface area contributed by atoms with Gasteiger partial charge in [-0.05, 0) is 32.1 Å². The van der Waals surface area contributed by atoms with Crippen LogP contribution >= 0.6 is 22.6 Å². The zero-order chi connectivity index (χ0) is 16.4.